The van der Waals surface area contributed by atoms with Crippen LogP contribution in [0.15, 0.2) is 42.5 Å². The van der Waals surface area contributed by atoms with Crippen LogP contribution < -0.4 is 14.8 Å². The van der Waals surface area contributed by atoms with Crippen molar-refractivity contribution < 1.29 is 9.47 Å². The van der Waals surface area contributed by atoms with Crippen molar-refractivity contribution in [2.75, 3.05) is 21.3 Å². The van der Waals surface area contributed by atoms with E-state index >= 15 is 0 Å². The smallest absolute Gasteiger partial charge is 0.123 e. The highest BCUT2D eigenvalue weighted by molar-refractivity contribution is 5.45. The highest BCUT2D eigenvalue weighted by atomic mass is 16.5. The maximum atomic E-state index is 5.46. The largest absolute Gasteiger partial charge is 0.496 e. The number of rotatable bonds is 5. The highest BCUT2D eigenvalue weighted by Crippen LogP contribution is 2.32. The van der Waals surface area contributed by atoms with Crippen LogP contribution in [0.3, 0.4) is 0 Å². The second-order valence-corrected chi connectivity index (χ2v) is 4.69. The van der Waals surface area contributed by atoms with Gasteiger partial charge in [-0.15, -0.1) is 0 Å². The van der Waals surface area contributed by atoms with E-state index < -0.39 is 0 Å². The molecule has 2 aromatic rings. The van der Waals surface area contributed by atoms with E-state index in [0.717, 1.165) is 28.2 Å². The summed E-state index contributed by atoms with van der Waals surface area (Å²) >= 11 is 0. The third-order valence-corrected chi connectivity index (χ3v) is 3.50. The first-order valence-electron chi connectivity index (χ1n) is 6.66. The van der Waals surface area contributed by atoms with Crippen LogP contribution in [-0.4, -0.2) is 21.3 Å². The van der Waals surface area contributed by atoms with E-state index in [1.165, 1.54) is 0 Å². The van der Waals surface area contributed by atoms with Gasteiger partial charge < -0.3 is 14.8 Å². The topological polar surface area (TPSA) is 30.5 Å². The van der Waals surface area contributed by atoms with Crippen LogP contribution in [0.25, 0.3) is 0 Å². The molecule has 3 heteroatoms. The predicted molar refractivity (Wildman–Crippen MR) is 81.6 cm³/mol. The van der Waals surface area contributed by atoms with Crippen molar-refractivity contribution >= 4 is 0 Å². The zero-order chi connectivity index (χ0) is 14.5. The molecule has 0 aliphatic carbocycles. The normalized spacial score (nSPS) is 12.0. The Morgan fingerprint density at radius 3 is 2.30 bits per heavy atom. The van der Waals surface area contributed by atoms with E-state index in [1.54, 1.807) is 14.2 Å². The molecule has 0 saturated heterocycles. The van der Waals surface area contributed by atoms with Gasteiger partial charge in [0, 0.05) is 5.56 Å². The first-order chi connectivity index (χ1) is 9.71. The van der Waals surface area contributed by atoms with Gasteiger partial charge in [0.25, 0.3) is 0 Å². The molecule has 1 N–H and O–H groups in total. The van der Waals surface area contributed by atoms with E-state index in [0.29, 0.717) is 0 Å². The van der Waals surface area contributed by atoms with Crippen molar-refractivity contribution in [3.63, 3.8) is 0 Å². The van der Waals surface area contributed by atoms with Crippen LogP contribution in [0.4, 0.5) is 0 Å². The lowest BCUT2D eigenvalue weighted by molar-refractivity contribution is 0.403. The molecular formula is C17H21NO2. The minimum absolute atomic E-state index is 0.0700. The lowest BCUT2D eigenvalue weighted by atomic mass is 9.96. The Labute approximate surface area is 120 Å². The zero-order valence-corrected chi connectivity index (χ0v) is 12.4. The van der Waals surface area contributed by atoms with Crippen molar-refractivity contribution in [2.24, 2.45) is 0 Å². The lowest BCUT2D eigenvalue weighted by Crippen LogP contribution is -2.18. The van der Waals surface area contributed by atoms with Gasteiger partial charge in [-0.2, -0.15) is 0 Å². The van der Waals surface area contributed by atoms with E-state index in [1.807, 2.05) is 32.2 Å². The second-order valence-electron chi connectivity index (χ2n) is 4.69. The number of nitrogens with one attached hydrogen (secondary N) is 1. The molecule has 106 valence electrons. The Kier molecular flexibility index (Phi) is 4.64. The van der Waals surface area contributed by atoms with Crippen LogP contribution in [0.5, 0.6) is 11.5 Å². The number of benzene rings is 2. The Hall–Kier alpha value is -2.00. The summed E-state index contributed by atoms with van der Waals surface area (Å²) in [5.41, 5.74) is 3.40. The fraction of sp³-hybridized carbons (Fsp3) is 0.294. The van der Waals surface area contributed by atoms with Crippen molar-refractivity contribution in [1.29, 1.82) is 0 Å². The number of hydrogen-bond donors (Lipinski definition) is 1. The van der Waals surface area contributed by atoms with Gasteiger partial charge >= 0.3 is 0 Å². The van der Waals surface area contributed by atoms with E-state index in [9.17, 15) is 0 Å². The van der Waals surface area contributed by atoms with Gasteiger partial charge in [-0.05, 0) is 37.2 Å². The summed E-state index contributed by atoms with van der Waals surface area (Å²) in [4.78, 5) is 0. The molecule has 1 atom stereocenters. The average Bonchev–Trinajstić information content (AvgIpc) is 2.50. The van der Waals surface area contributed by atoms with Crippen LogP contribution in [0.2, 0.25) is 0 Å². The van der Waals surface area contributed by atoms with Gasteiger partial charge in [-0.3, -0.25) is 0 Å². The van der Waals surface area contributed by atoms with E-state index in [2.05, 4.69) is 29.6 Å². The van der Waals surface area contributed by atoms with Gasteiger partial charge in [-0.25, -0.2) is 0 Å². The Morgan fingerprint density at radius 2 is 1.65 bits per heavy atom. The molecule has 2 aromatic carbocycles. The van der Waals surface area contributed by atoms with Crippen LogP contribution in [0, 0.1) is 6.92 Å². The van der Waals surface area contributed by atoms with Crippen LogP contribution >= 0.6 is 0 Å². The molecule has 0 spiro atoms. The molecule has 0 bridgehead atoms. The molecule has 3 nitrogen and oxygen atoms in total. The fourth-order valence-electron chi connectivity index (χ4n) is 2.42. The van der Waals surface area contributed by atoms with Gasteiger partial charge in [0.2, 0.25) is 0 Å². The molecule has 0 radical (unpaired) electrons. The van der Waals surface area contributed by atoms with Crippen molar-refractivity contribution in [3.05, 3.63) is 59.2 Å². The highest BCUT2D eigenvalue weighted by Gasteiger charge is 2.17. The Bertz CT molecular complexity index is 581. The van der Waals surface area contributed by atoms with Gasteiger partial charge in [0.15, 0.2) is 0 Å². The first-order valence-corrected chi connectivity index (χ1v) is 6.66. The maximum absolute atomic E-state index is 5.46. The molecule has 1 unspecified atom stereocenters. The molecular weight excluding hydrogens is 250 g/mol. The van der Waals surface area contributed by atoms with Crippen LogP contribution in [-0.2, 0) is 0 Å². The molecule has 0 amide bonds. The fourth-order valence-corrected chi connectivity index (χ4v) is 2.42. The molecule has 0 fully saturated rings. The van der Waals surface area contributed by atoms with Gasteiger partial charge in [0.1, 0.15) is 11.5 Å². The first kappa shape index (κ1) is 14.4. The average molecular weight is 271 g/mol. The number of para-hydroxylation sites is 1. The number of aryl methyl sites for hydroxylation is 1. The molecule has 0 aliphatic heterocycles. The predicted octanol–water partition coefficient (Wildman–Crippen LogP) is 3.32. The summed E-state index contributed by atoms with van der Waals surface area (Å²) < 4.78 is 10.9. The summed E-state index contributed by atoms with van der Waals surface area (Å²) in [6.45, 7) is 2.04. The van der Waals surface area contributed by atoms with Crippen molar-refractivity contribution in [1.82, 2.24) is 5.32 Å². The minimum Gasteiger partial charge on any atom is -0.496 e. The monoisotopic (exact) mass is 271 g/mol. The third-order valence-electron chi connectivity index (χ3n) is 3.50. The molecule has 0 aliphatic rings. The zero-order valence-electron chi connectivity index (χ0n) is 12.4. The summed E-state index contributed by atoms with van der Waals surface area (Å²) in [7, 11) is 5.34. The number of hydrogen-bond acceptors (Lipinski definition) is 3. The molecule has 0 heterocycles. The molecule has 0 aromatic heterocycles. The van der Waals surface area contributed by atoms with E-state index in [-0.39, 0.29) is 6.04 Å². The number of methoxy groups -OCH3 is 2. The van der Waals surface area contributed by atoms with Gasteiger partial charge in [0.05, 0.1) is 20.3 Å². The standard InChI is InChI=1S/C17H21NO2/c1-12-9-10-13(11-16(12)20-4)17(18-2)14-7-5-6-8-15(14)19-3/h5-11,17-18H,1-4H3. The SMILES string of the molecule is CNC(c1ccc(C)c(OC)c1)c1ccccc1OC. The summed E-state index contributed by atoms with van der Waals surface area (Å²) in [6, 6.07) is 14.4. The molecule has 20 heavy (non-hydrogen) atoms. The van der Waals surface area contributed by atoms with Gasteiger partial charge in [-0.1, -0.05) is 30.3 Å². The quantitative estimate of drug-likeness (QED) is 0.905. The number of ether oxygens (including phenoxy) is 2. The van der Waals surface area contributed by atoms with E-state index in [4.69, 9.17) is 9.47 Å². The lowest BCUT2D eigenvalue weighted by Gasteiger charge is -2.20. The Morgan fingerprint density at radius 1 is 0.950 bits per heavy atom. The summed E-state index contributed by atoms with van der Waals surface area (Å²) in [5, 5.41) is 3.34. The summed E-state index contributed by atoms with van der Waals surface area (Å²) in [6.07, 6.45) is 0. The van der Waals surface area contributed by atoms with Crippen molar-refractivity contribution in [3.8, 4) is 11.5 Å². The summed E-state index contributed by atoms with van der Waals surface area (Å²) in [5.74, 6) is 1.78. The minimum atomic E-state index is 0.0700. The second kappa shape index (κ2) is 6.44. The maximum Gasteiger partial charge on any atom is 0.123 e. The molecule has 0 saturated carbocycles. The molecule has 2 rings (SSSR count). The Balaban J connectivity index is 2.47. The third kappa shape index (κ3) is 2.78. The van der Waals surface area contributed by atoms with Crippen molar-refractivity contribution in [2.45, 2.75) is 13.0 Å². The van der Waals surface area contributed by atoms with Crippen LogP contribution in [0.1, 0.15) is 22.7 Å².